The van der Waals surface area contributed by atoms with E-state index in [-0.39, 0.29) is 5.91 Å². The zero-order valence-electron chi connectivity index (χ0n) is 9.75. The third kappa shape index (κ3) is 2.54. The summed E-state index contributed by atoms with van der Waals surface area (Å²) in [5, 5.41) is 2.65. The van der Waals surface area contributed by atoms with Gasteiger partial charge < -0.3 is 15.8 Å². The number of pyridine rings is 2. The van der Waals surface area contributed by atoms with E-state index in [0.29, 0.717) is 22.8 Å². The van der Waals surface area contributed by atoms with Crippen LogP contribution in [0, 0.1) is 0 Å². The Morgan fingerprint density at radius 2 is 2.17 bits per heavy atom. The van der Waals surface area contributed by atoms with Gasteiger partial charge in [-0.15, -0.1) is 0 Å². The Labute approximate surface area is 104 Å². The monoisotopic (exact) mass is 244 g/mol. The fourth-order valence-electron chi connectivity index (χ4n) is 1.39. The number of ether oxygens (including phenoxy) is 1. The number of rotatable bonds is 3. The average molecular weight is 244 g/mol. The minimum atomic E-state index is -0.313. The summed E-state index contributed by atoms with van der Waals surface area (Å²) in [5.74, 6) is 0.519. The lowest BCUT2D eigenvalue weighted by Gasteiger charge is -2.08. The van der Waals surface area contributed by atoms with Crippen molar-refractivity contribution >= 4 is 17.4 Å². The van der Waals surface area contributed by atoms with Crippen LogP contribution in [0.5, 0.6) is 5.75 Å². The molecule has 6 nitrogen and oxygen atoms in total. The number of amides is 1. The van der Waals surface area contributed by atoms with Crippen molar-refractivity contribution in [3.63, 3.8) is 0 Å². The van der Waals surface area contributed by atoms with Crippen molar-refractivity contribution in [1.82, 2.24) is 9.97 Å². The van der Waals surface area contributed by atoms with Crippen molar-refractivity contribution in [2.75, 3.05) is 18.2 Å². The van der Waals surface area contributed by atoms with E-state index in [2.05, 4.69) is 15.3 Å². The Bertz CT molecular complexity index is 554. The molecule has 18 heavy (non-hydrogen) atoms. The zero-order chi connectivity index (χ0) is 13.0. The first kappa shape index (κ1) is 11.8. The standard InChI is InChI=1S/C12H12N4O2/c1-18-10-7-14-5-4-9(10)12(17)16-11-3-2-8(13)6-15-11/h2-7H,13H2,1H3,(H,15,16,17). The summed E-state index contributed by atoms with van der Waals surface area (Å²) < 4.78 is 5.06. The second-order valence-electron chi connectivity index (χ2n) is 3.51. The van der Waals surface area contributed by atoms with E-state index in [1.54, 1.807) is 18.2 Å². The molecule has 0 bridgehead atoms. The Balaban J connectivity index is 2.19. The van der Waals surface area contributed by atoms with Crippen LogP contribution >= 0.6 is 0 Å². The Morgan fingerprint density at radius 1 is 1.33 bits per heavy atom. The van der Waals surface area contributed by atoms with E-state index < -0.39 is 0 Å². The molecular weight excluding hydrogens is 232 g/mol. The number of methoxy groups -OCH3 is 1. The number of nitrogens with two attached hydrogens (primary N) is 1. The van der Waals surface area contributed by atoms with E-state index >= 15 is 0 Å². The van der Waals surface area contributed by atoms with E-state index in [1.165, 1.54) is 25.7 Å². The normalized spacial score (nSPS) is 9.83. The molecule has 0 atom stereocenters. The lowest BCUT2D eigenvalue weighted by Crippen LogP contribution is -2.14. The molecule has 3 N–H and O–H groups in total. The van der Waals surface area contributed by atoms with Gasteiger partial charge in [0.2, 0.25) is 0 Å². The Morgan fingerprint density at radius 3 is 2.83 bits per heavy atom. The van der Waals surface area contributed by atoms with Crippen molar-refractivity contribution in [3.8, 4) is 5.75 Å². The molecule has 0 radical (unpaired) electrons. The molecule has 2 heterocycles. The second kappa shape index (κ2) is 5.13. The number of hydrogen-bond acceptors (Lipinski definition) is 5. The molecule has 2 rings (SSSR count). The van der Waals surface area contributed by atoms with Crippen LogP contribution < -0.4 is 15.8 Å². The molecule has 2 aromatic rings. The highest BCUT2D eigenvalue weighted by molar-refractivity contribution is 6.05. The van der Waals surface area contributed by atoms with Crippen molar-refractivity contribution in [2.24, 2.45) is 0 Å². The smallest absolute Gasteiger partial charge is 0.260 e. The van der Waals surface area contributed by atoms with Crippen molar-refractivity contribution in [2.45, 2.75) is 0 Å². The largest absolute Gasteiger partial charge is 0.494 e. The van der Waals surface area contributed by atoms with Gasteiger partial charge in [0.1, 0.15) is 11.6 Å². The summed E-state index contributed by atoms with van der Waals surface area (Å²) >= 11 is 0. The van der Waals surface area contributed by atoms with Gasteiger partial charge in [-0.05, 0) is 18.2 Å². The van der Waals surface area contributed by atoms with Crippen LogP contribution in [0.25, 0.3) is 0 Å². The van der Waals surface area contributed by atoms with Crippen molar-refractivity contribution in [3.05, 3.63) is 42.4 Å². The molecular formula is C12H12N4O2. The highest BCUT2D eigenvalue weighted by Gasteiger charge is 2.12. The number of nitrogens with zero attached hydrogens (tertiary/aromatic N) is 2. The van der Waals surface area contributed by atoms with Gasteiger partial charge >= 0.3 is 0 Å². The number of anilines is 2. The van der Waals surface area contributed by atoms with Gasteiger partial charge in [0, 0.05) is 6.20 Å². The summed E-state index contributed by atoms with van der Waals surface area (Å²) in [7, 11) is 1.48. The first-order valence-corrected chi connectivity index (χ1v) is 5.21. The molecule has 0 spiro atoms. The predicted octanol–water partition coefficient (Wildman–Crippen LogP) is 1.32. The summed E-state index contributed by atoms with van der Waals surface area (Å²) in [6.45, 7) is 0. The maximum Gasteiger partial charge on any atom is 0.260 e. The van der Waals surface area contributed by atoms with Crippen molar-refractivity contribution in [1.29, 1.82) is 0 Å². The summed E-state index contributed by atoms with van der Waals surface area (Å²) in [6, 6.07) is 4.86. The van der Waals surface area contributed by atoms with Crippen LogP contribution in [-0.2, 0) is 0 Å². The number of carbonyl (C=O) groups excluding carboxylic acids is 1. The first-order valence-electron chi connectivity index (χ1n) is 5.21. The molecule has 92 valence electrons. The number of aromatic nitrogens is 2. The topological polar surface area (TPSA) is 90.1 Å². The van der Waals surface area contributed by atoms with Crippen LogP contribution in [0.3, 0.4) is 0 Å². The van der Waals surface area contributed by atoms with E-state index in [1.807, 2.05) is 0 Å². The van der Waals surface area contributed by atoms with Crippen molar-refractivity contribution < 1.29 is 9.53 Å². The van der Waals surface area contributed by atoms with E-state index in [0.717, 1.165) is 0 Å². The number of nitrogen functional groups attached to an aromatic ring is 1. The molecule has 0 aliphatic carbocycles. The lowest BCUT2D eigenvalue weighted by molar-refractivity contribution is 0.102. The van der Waals surface area contributed by atoms with Crippen LogP contribution in [-0.4, -0.2) is 23.0 Å². The highest BCUT2D eigenvalue weighted by atomic mass is 16.5. The van der Waals surface area contributed by atoms with Gasteiger partial charge in [0.25, 0.3) is 5.91 Å². The molecule has 0 saturated carbocycles. The molecule has 0 unspecified atom stereocenters. The van der Waals surface area contributed by atoms with Gasteiger partial charge in [-0.2, -0.15) is 0 Å². The minimum absolute atomic E-state index is 0.313. The van der Waals surface area contributed by atoms with Gasteiger partial charge in [-0.25, -0.2) is 4.98 Å². The van der Waals surface area contributed by atoms with Crippen LogP contribution in [0.1, 0.15) is 10.4 Å². The summed E-state index contributed by atoms with van der Waals surface area (Å²) in [5.41, 5.74) is 6.44. The van der Waals surface area contributed by atoms with E-state index in [9.17, 15) is 4.79 Å². The maximum atomic E-state index is 12.0. The minimum Gasteiger partial charge on any atom is -0.494 e. The number of nitrogens with one attached hydrogen (secondary N) is 1. The third-order valence-electron chi connectivity index (χ3n) is 2.28. The van der Waals surface area contributed by atoms with Gasteiger partial charge in [-0.1, -0.05) is 0 Å². The summed E-state index contributed by atoms with van der Waals surface area (Å²) in [4.78, 5) is 19.9. The molecule has 1 amide bonds. The molecule has 0 aliphatic rings. The molecule has 2 aromatic heterocycles. The van der Waals surface area contributed by atoms with Gasteiger partial charge in [0.15, 0.2) is 0 Å². The average Bonchev–Trinajstić information content (AvgIpc) is 2.41. The number of hydrogen-bond donors (Lipinski definition) is 2. The fraction of sp³-hybridized carbons (Fsp3) is 0.0833. The quantitative estimate of drug-likeness (QED) is 0.849. The lowest BCUT2D eigenvalue weighted by atomic mass is 10.2. The fourth-order valence-corrected chi connectivity index (χ4v) is 1.39. The molecule has 0 aliphatic heterocycles. The predicted molar refractivity (Wildman–Crippen MR) is 67.4 cm³/mol. The Hall–Kier alpha value is -2.63. The van der Waals surface area contributed by atoms with Crippen LogP contribution in [0.2, 0.25) is 0 Å². The summed E-state index contributed by atoms with van der Waals surface area (Å²) in [6.07, 6.45) is 4.47. The van der Waals surface area contributed by atoms with Crippen LogP contribution in [0.15, 0.2) is 36.8 Å². The Kier molecular flexibility index (Phi) is 3.38. The molecule has 6 heteroatoms. The first-order chi connectivity index (χ1) is 8.70. The molecule has 0 aromatic carbocycles. The third-order valence-corrected chi connectivity index (χ3v) is 2.28. The van der Waals surface area contributed by atoms with Crippen LogP contribution in [0.4, 0.5) is 11.5 Å². The second-order valence-corrected chi connectivity index (χ2v) is 3.51. The molecule has 0 fully saturated rings. The van der Waals surface area contributed by atoms with E-state index in [4.69, 9.17) is 10.5 Å². The highest BCUT2D eigenvalue weighted by Crippen LogP contribution is 2.17. The maximum absolute atomic E-state index is 12.0. The van der Waals surface area contributed by atoms with Gasteiger partial charge in [0.05, 0.1) is 30.8 Å². The SMILES string of the molecule is COc1cnccc1C(=O)Nc1ccc(N)cn1. The zero-order valence-corrected chi connectivity index (χ0v) is 9.75. The molecule has 0 saturated heterocycles. The van der Waals surface area contributed by atoms with Gasteiger partial charge in [-0.3, -0.25) is 9.78 Å². The number of carbonyl (C=O) groups is 1.